The van der Waals surface area contributed by atoms with Gasteiger partial charge in [0, 0.05) is 0 Å². The number of hydrogen-bond acceptors (Lipinski definition) is 3. The maximum absolute atomic E-state index is 12.9. The summed E-state index contributed by atoms with van der Waals surface area (Å²) in [5.74, 6) is -2.29. The highest BCUT2D eigenvalue weighted by molar-refractivity contribution is 5.74. The Labute approximate surface area is 118 Å². The Morgan fingerprint density at radius 2 is 1.80 bits per heavy atom. The number of rotatable bonds is 5. The molecule has 1 saturated carbocycles. The van der Waals surface area contributed by atoms with Crippen molar-refractivity contribution < 1.29 is 22.7 Å². The second-order valence-electron chi connectivity index (χ2n) is 6.02. The molecule has 0 unspecified atom stereocenters. The lowest BCUT2D eigenvalue weighted by Crippen LogP contribution is -2.50. The molecule has 0 aromatic carbocycles. The fraction of sp³-hybridized carbons (Fsp3) is 0.929. The van der Waals surface area contributed by atoms with Crippen LogP contribution in [0.25, 0.3) is 0 Å². The van der Waals surface area contributed by atoms with Gasteiger partial charge in [0.15, 0.2) is 0 Å². The zero-order chi connectivity index (χ0) is 15.3. The Morgan fingerprint density at radius 1 is 1.25 bits per heavy atom. The molecule has 2 atom stereocenters. The normalized spacial score (nSPS) is 20.8. The Morgan fingerprint density at radius 3 is 2.25 bits per heavy atom. The third-order valence-corrected chi connectivity index (χ3v) is 3.75. The van der Waals surface area contributed by atoms with Crippen molar-refractivity contribution in [1.29, 1.82) is 0 Å². The van der Waals surface area contributed by atoms with Crippen molar-refractivity contribution in [3.05, 3.63) is 0 Å². The first-order chi connectivity index (χ1) is 9.23. The van der Waals surface area contributed by atoms with E-state index in [1.807, 2.05) is 13.8 Å². The summed E-state index contributed by atoms with van der Waals surface area (Å²) in [7, 11) is 0. The first kappa shape index (κ1) is 17.3. The highest BCUT2D eigenvalue weighted by Gasteiger charge is 2.48. The van der Waals surface area contributed by atoms with Gasteiger partial charge in [-0.1, -0.05) is 33.1 Å². The highest BCUT2D eigenvalue weighted by Crippen LogP contribution is 2.36. The largest absolute Gasteiger partial charge is 0.465 e. The summed E-state index contributed by atoms with van der Waals surface area (Å²) in [5, 5.41) is 0. The quantitative estimate of drug-likeness (QED) is 0.792. The van der Waals surface area contributed by atoms with Crippen LogP contribution in [0.2, 0.25) is 0 Å². The molecule has 118 valence electrons. The van der Waals surface area contributed by atoms with E-state index in [4.69, 9.17) is 10.5 Å². The van der Waals surface area contributed by atoms with Crippen molar-refractivity contribution in [1.82, 2.24) is 0 Å². The molecule has 0 aliphatic heterocycles. The van der Waals surface area contributed by atoms with Crippen LogP contribution in [0.3, 0.4) is 0 Å². The van der Waals surface area contributed by atoms with E-state index in [0.717, 1.165) is 19.3 Å². The Hall–Kier alpha value is -0.780. The zero-order valence-electron chi connectivity index (χ0n) is 12.1. The lowest BCUT2D eigenvalue weighted by atomic mass is 9.76. The molecule has 0 saturated heterocycles. The van der Waals surface area contributed by atoms with Gasteiger partial charge in [-0.2, -0.15) is 13.2 Å². The van der Waals surface area contributed by atoms with Gasteiger partial charge in [0.25, 0.3) is 0 Å². The molecule has 0 heterocycles. The smallest absolute Gasteiger partial charge is 0.404 e. The monoisotopic (exact) mass is 295 g/mol. The standard InChI is InChI=1S/C14H24F3NO2/c1-9(2)8-20-13(19)11(12(18)14(15,16)17)10-6-4-3-5-7-10/h9-12H,3-8,18H2,1-2H3/t11-,12-/m1/s1. The van der Waals surface area contributed by atoms with Gasteiger partial charge in [0.1, 0.15) is 6.04 Å². The summed E-state index contributed by atoms with van der Waals surface area (Å²) in [5.41, 5.74) is 5.31. The molecule has 0 spiro atoms. The summed E-state index contributed by atoms with van der Waals surface area (Å²) in [6, 6.07) is -2.13. The molecule has 0 aromatic heterocycles. The molecule has 3 nitrogen and oxygen atoms in total. The van der Waals surface area contributed by atoms with E-state index in [1.165, 1.54) is 0 Å². The van der Waals surface area contributed by atoms with Crippen molar-refractivity contribution in [2.75, 3.05) is 6.61 Å². The zero-order valence-corrected chi connectivity index (χ0v) is 12.1. The van der Waals surface area contributed by atoms with E-state index in [-0.39, 0.29) is 18.4 Å². The average Bonchev–Trinajstić information content (AvgIpc) is 2.36. The van der Waals surface area contributed by atoms with Crippen LogP contribution < -0.4 is 5.73 Å². The van der Waals surface area contributed by atoms with Gasteiger partial charge in [0.05, 0.1) is 12.5 Å². The summed E-state index contributed by atoms with van der Waals surface area (Å²) < 4.78 is 43.7. The van der Waals surface area contributed by atoms with E-state index in [0.29, 0.717) is 12.8 Å². The number of nitrogens with two attached hydrogens (primary N) is 1. The van der Waals surface area contributed by atoms with Gasteiger partial charge in [-0.15, -0.1) is 0 Å². The van der Waals surface area contributed by atoms with E-state index in [2.05, 4.69) is 0 Å². The fourth-order valence-electron chi connectivity index (χ4n) is 2.67. The molecule has 2 N–H and O–H groups in total. The minimum absolute atomic E-state index is 0.0908. The average molecular weight is 295 g/mol. The van der Waals surface area contributed by atoms with Gasteiger partial charge in [-0.05, 0) is 24.7 Å². The number of esters is 1. The number of hydrogen-bond donors (Lipinski definition) is 1. The predicted octanol–water partition coefficient (Wildman–Crippen LogP) is 3.27. The van der Waals surface area contributed by atoms with Gasteiger partial charge in [-0.3, -0.25) is 4.79 Å². The molecule has 0 bridgehead atoms. The molecule has 6 heteroatoms. The predicted molar refractivity (Wildman–Crippen MR) is 69.9 cm³/mol. The van der Waals surface area contributed by atoms with Crippen molar-refractivity contribution in [3.63, 3.8) is 0 Å². The SMILES string of the molecule is CC(C)COC(=O)[C@H](C1CCCCC1)[C@@H](N)C(F)(F)F. The second kappa shape index (κ2) is 7.29. The number of carbonyl (C=O) groups is 1. The molecule has 0 amide bonds. The molecule has 1 fully saturated rings. The molecule has 0 aromatic rings. The van der Waals surface area contributed by atoms with E-state index in [9.17, 15) is 18.0 Å². The van der Waals surface area contributed by atoms with Crippen LogP contribution in [-0.2, 0) is 9.53 Å². The van der Waals surface area contributed by atoms with Crippen molar-refractivity contribution in [2.45, 2.75) is 58.2 Å². The van der Waals surface area contributed by atoms with Crippen LogP contribution in [-0.4, -0.2) is 24.8 Å². The second-order valence-corrected chi connectivity index (χ2v) is 6.02. The maximum atomic E-state index is 12.9. The van der Waals surface area contributed by atoms with E-state index in [1.54, 1.807) is 0 Å². The number of carbonyl (C=O) groups excluding carboxylic acids is 1. The third kappa shape index (κ3) is 4.96. The van der Waals surface area contributed by atoms with E-state index >= 15 is 0 Å². The lowest BCUT2D eigenvalue weighted by molar-refractivity contribution is -0.182. The molecular formula is C14H24F3NO2. The minimum atomic E-state index is -4.57. The van der Waals surface area contributed by atoms with Crippen LogP contribution in [0.5, 0.6) is 0 Å². The van der Waals surface area contributed by atoms with Crippen LogP contribution in [0.15, 0.2) is 0 Å². The van der Waals surface area contributed by atoms with Gasteiger partial charge >= 0.3 is 12.1 Å². The van der Waals surface area contributed by atoms with Crippen LogP contribution in [0.1, 0.15) is 46.0 Å². The fourth-order valence-corrected chi connectivity index (χ4v) is 2.67. The summed E-state index contributed by atoms with van der Waals surface area (Å²) in [6.45, 7) is 3.81. The molecule has 1 rings (SSSR count). The van der Waals surface area contributed by atoms with Gasteiger partial charge in [0.2, 0.25) is 0 Å². The summed E-state index contributed by atoms with van der Waals surface area (Å²) in [4.78, 5) is 12.0. The molecule has 20 heavy (non-hydrogen) atoms. The van der Waals surface area contributed by atoms with Crippen LogP contribution in [0, 0.1) is 17.8 Å². The third-order valence-electron chi connectivity index (χ3n) is 3.75. The van der Waals surface area contributed by atoms with Crippen LogP contribution >= 0.6 is 0 Å². The van der Waals surface area contributed by atoms with Crippen molar-refractivity contribution >= 4 is 5.97 Å². The van der Waals surface area contributed by atoms with Crippen molar-refractivity contribution in [2.24, 2.45) is 23.5 Å². The number of halogens is 3. The molecule has 1 aliphatic rings. The Bertz CT molecular complexity index is 312. The van der Waals surface area contributed by atoms with E-state index < -0.39 is 24.1 Å². The summed E-state index contributed by atoms with van der Waals surface area (Å²) in [6.07, 6.45) is -0.632. The molecule has 0 radical (unpaired) electrons. The Kier molecular flexibility index (Phi) is 6.30. The minimum Gasteiger partial charge on any atom is -0.465 e. The highest BCUT2D eigenvalue weighted by atomic mass is 19.4. The summed E-state index contributed by atoms with van der Waals surface area (Å²) >= 11 is 0. The maximum Gasteiger partial charge on any atom is 0.404 e. The molecule has 1 aliphatic carbocycles. The molecular weight excluding hydrogens is 271 g/mol. The first-order valence-corrected chi connectivity index (χ1v) is 7.22. The van der Waals surface area contributed by atoms with Crippen molar-refractivity contribution in [3.8, 4) is 0 Å². The van der Waals surface area contributed by atoms with Crippen LogP contribution in [0.4, 0.5) is 13.2 Å². The lowest BCUT2D eigenvalue weighted by Gasteiger charge is -2.33. The topological polar surface area (TPSA) is 52.3 Å². The number of alkyl halides is 3. The van der Waals surface area contributed by atoms with Gasteiger partial charge in [-0.25, -0.2) is 0 Å². The van der Waals surface area contributed by atoms with Gasteiger partial charge < -0.3 is 10.5 Å². The number of ether oxygens (including phenoxy) is 1. The Balaban J connectivity index is 2.80. The first-order valence-electron chi connectivity index (χ1n) is 7.22.